The van der Waals surface area contributed by atoms with Gasteiger partial charge in [-0.3, -0.25) is 9.20 Å². The first kappa shape index (κ1) is 17.0. The van der Waals surface area contributed by atoms with E-state index in [-0.39, 0.29) is 18.6 Å². The number of amides is 1. The van der Waals surface area contributed by atoms with Crippen molar-refractivity contribution in [1.29, 1.82) is 0 Å². The van der Waals surface area contributed by atoms with Crippen LogP contribution >= 0.6 is 11.3 Å². The van der Waals surface area contributed by atoms with Crippen LogP contribution in [0.5, 0.6) is 0 Å². The molecule has 0 bridgehead atoms. The standard InChI is InChI=1S/C18H25N3O3S/c1-13-19-17(18-21(13)7-9-25-18)14-4-2-6-20(10-14)16(22)12-23-11-15-5-3-8-24-15/h7,9,14-15H,2-6,8,10-12H2,1H3/t14-,15+/m0/s1. The van der Waals surface area contributed by atoms with Crippen molar-refractivity contribution in [3.05, 3.63) is 23.1 Å². The van der Waals surface area contributed by atoms with Gasteiger partial charge in [-0.25, -0.2) is 4.98 Å². The highest BCUT2D eigenvalue weighted by Gasteiger charge is 2.28. The second-order valence-electron chi connectivity index (χ2n) is 6.95. The lowest BCUT2D eigenvalue weighted by molar-refractivity contribution is -0.138. The number of piperidine rings is 1. The lowest BCUT2D eigenvalue weighted by Crippen LogP contribution is -2.41. The molecule has 0 N–H and O–H groups in total. The molecule has 2 atom stereocenters. The van der Waals surface area contributed by atoms with Gasteiger partial charge in [-0.1, -0.05) is 0 Å². The average molecular weight is 363 g/mol. The molecule has 0 spiro atoms. The summed E-state index contributed by atoms with van der Waals surface area (Å²) in [6.07, 6.45) is 6.47. The molecule has 136 valence electrons. The number of imidazole rings is 1. The fraction of sp³-hybridized carbons (Fsp3) is 0.667. The van der Waals surface area contributed by atoms with E-state index in [0.29, 0.717) is 12.5 Å². The van der Waals surface area contributed by atoms with Crippen molar-refractivity contribution in [2.45, 2.75) is 44.6 Å². The molecule has 0 unspecified atom stereocenters. The Morgan fingerprint density at radius 2 is 2.36 bits per heavy atom. The second-order valence-corrected chi connectivity index (χ2v) is 7.85. The minimum absolute atomic E-state index is 0.0843. The van der Waals surface area contributed by atoms with Gasteiger partial charge in [0, 0.05) is 37.2 Å². The molecule has 2 saturated heterocycles. The third-order valence-electron chi connectivity index (χ3n) is 5.17. The Morgan fingerprint density at radius 1 is 1.44 bits per heavy atom. The summed E-state index contributed by atoms with van der Waals surface area (Å²) in [5.74, 6) is 1.42. The van der Waals surface area contributed by atoms with Gasteiger partial charge in [0.15, 0.2) is 0 Å². The van der Waals surface area contributed by atoms with Crippen molar-refractivity contribution in [2.24, 2.45) is 0 Å². The van der Waals surface area contributed by atoms with Gasteiger partial charge < -0.3 is 14.4 Å². The van der Waals surface area contributed by atoms with E-state index in [1.807, 2.05) is 11.8 Å². The first-order valence-electron chi connectivity index (χ1n) is 9.11. The fourth-order valence-electron chi connectivity index (χ4n) is 3.83. The van der Waals surface area contributed by atoms with Crippen molar-refractivity contribution in [3.8, 4) is 0 Å². The van der Waals surface area contributed by atoms with Crippen LogP contribution in [0.2, 0.25) is 0 Å². The van der Waals surface area contributed by atoms with Crippen molar-refractivity contribution >= 4 is 22.1 Å². The first-order valence-corrected chi connectivity index (χ1v) is 9.99. The topological polar surface area (TPSA) is 56.1 Å². The molecule has 7 heteroatoms. The maximum absolute atomic E-state index is 12.5. The summed E-state index contributed by atoms with van der Waals surface area (Å²) in [6.45, 7) is 5.10. The van der Waals surface area contributed by atoms with Crippen LogP contribution in [0.3, 0.4) is 0 Å². The molecule has 0 radical (unpaired) electrons. The van der Waals surface area contributed by atoms with Crippen LogP contribution in [-0.4, -0.2) is 59.2 Å². The Kier molecular flexibility index (Phi) is 5.05. The van der Waals surface area contributed by atoms with Gasteiger partial charge in [0.05, 0.1) is 18.4 Å². The number of likely N-dealkylation sites (tertiary alicyclic amines) is 1. The number of rotatable bonds is 5. The van der Waals surface area contributed by atoms with Crippen molar-refractivity contribution in [2.75, 3.05) is 32.9 Å². The number of hydrogen-bond acceptors (Lipinski definition) is 5. The van der Waals surface area contributed by atoms with Crippen molar-refractivity contribution in [1.82, 2.24) is 14.3 Å². The number of aryl methyl sites for hydroxylation is 1. The van der Waals surface area contributed by atoms with E-state index in [4.69, 9.17) is 14.5 Å². The lowest BCUT2D eigenvalue weighted by atomic mass is 9.95. The molecule has 2 aromatic heterocycles. The summed E-state index contributed by atoms with van der Waals surface area (Å²) in [7, 11) is 0. The molecule has 2 aromatic rings. The SMILES string of the molecule is Cc1nc([C@H]2CCCN(C(=O)COC[C@H]3CCCO3)C2)c2sccn12. The first-order chi connectivity index (χ1) is 12.2. The third-order valence-corrected chi connectivity index (χ3v) is 6.06. The van der Waals surface area contributed by atoms with Crippen LogP contribution in [-0.2, 0) is 14.3 Å². The summed E-state index contributed by atoms with van der Waals surface area (Å²) in [6, 6.07) is 0. The lowest BCUT2D eigenvalue weighted by Gasteiger charge is -2.32. The minimum atomic E-state index is 0.0843. The number of ether oxygens (including phenoxy) is 2. The Hall–Kier alpha value is -1.44. The van der Waals surface area contributed by atoms with E-state index in [2.05, 4.69) is 16.0 Å². The zero-order chi connectivity index (χ0) is 17.2. The smallest absolute Gasteiger partial charge is 0.248 e. The normalized spacial score (nSPS) is 24.3. The highest BCUT2D eigenvalue weighted by Crippen LogP contribution is 2.32. The van der Waals surface area contributed by atoms with Crippen LogP contribution in [0.25, 0.3) is 4.83 Å². The number of hydrogen-bond donors (Lipinski definition) is 0. The van der Waals surface area contributed by atoms with E-state index >= 15 is 0 Å². The largest absolute Gasteiger partial charge is 0.376 e. The molecule has 2 aliphatic heterocycles. The second kappa shape index (κ2) is 7.43. The number of aromatic nitrogens is 2. The number of carbonyl (C=O) groups excluding carboxylic acids is 1. The third kappa shape index (κ3) is 3.59. The van der Waals surface area contributed by atoms with Gasteiger partial charge in [-0.05, 0) is 32.6 Å². The molecule has 25 heavy (non-hydrogen) atoms. The molecule has 4 heterocycles. The Balaban J connectivity index is 1.35. The summed E-state index contributed by atoms with van der Waals surface area (Å²) < 4.78 is 13.3. The molecule has 2 aliphatic rings. The van der Waals surface area contributed by atoms with Gasteiger partial charge in [-0.15, -0.1) is 11.3 Å². The van der Waals surface area contributed by atoms with E-state index < -0.39 is 0 Å². The van der Waals surface area contributed by atoms with Crippen LogP contribution < -0.4 is 0 Å². The van der Waals surface area contributed by atoms with E-state index in [9.17, 15) is 4.79 Å². The highest BCUT2D eigenvalue weighted by atomic mass is 32.1. The quantitative estimate of drug-likeness (QED) is 0.819. The molecular formula is C18H25N3O3S. The number of nitrogens with zero attached hydrogens (tertiary/aromatic N) is 3. The Labute approximate surface area is 151 Å². The Bertz CT molecular complexity index is 735. The van der Waals surface area contributed by atoms with Gasteiger partial charge in [0.2, 0.25) is 5.91 Å². The van der Waals surface area contributed by atoms with Gasteiger partial charge in [0.1, 0.15) is 17.3 Å². The number of thiazole rings is 1. The highest BCUT2D eigenvalue weighted by molar-refractivity contribution is 7.15. The Morgan fingerprint density at radius 3 is 3.20 bits per heavy atom. The maximum atomic E-state index is 12.5. The van der Waals surface area contributed by atoms with Crippen LogP contribution in [0.4, 0.5) is 0 Å². The molecule has 0 aliphatic carbocycles. The molecule has 4 rings (SSSR count). The van der Waals surface area contributed by atoms with Gasteiger partial charge >= 0.3 is 0 Å². The van der Waals surface area contributed by atoms with Gasteiger partial charge in [-0.2, -0.15) is 0 Å². The zero-order valence-electron chi connectivity index (χ0n) is 14.6. The molecule has 0 aromatic carbocycles. The van der Waals surface area contributed by atoms with Gasteiger partial charge in [0.25, 0.3) is 0 Å². The molecule has 2 fully saturated rings. The average Bonchev–Trinajstić information content (AvgIpc) is 3.35. The maximum Gasteiger partial charge on any atom is 0.248 e. The van der Waals surface area contributed by atoms with Crippen molar-refractivity contribution < 1.29 is 14.3 Å². The fourth-order valence-corrected chi connectivity index (χ4v) is 4.78. The van der Waals surface area contributed by atoms with Crippen LogP contribution in [0.15, 0.2) is 11.6 Å². The molecule has 1 amide bonds. The summed E-state index contributed by atoms with van der Waals surface area (Å²) >= 11 is 1.72. The minimum Gasteiger partial charge on any atom is -0.376 e. The number of fused-ring (bicyclic) bond motifs is 1. The van der Waals surface area contributed by atoms with Crippen molar-refractivity contribution in [3.63, 3.8) is 0 Å². The molecule has 6 nitrogen and oxygen atoms in total. The van der Waals surface area contributed by atoms with Crippen LogP contribution in [0, 0.1) is 6.92 Å². The van der Waals surface area contributed by atoms with E-state index in [1.165, 1.54) is 4.83 Å². The van der Waals surface area contributed by atoms with Crippen LogP contribution in [0.1, 0.15) is 43.1 Å². The predicted molar refractivity (Wildman–Crippen MR) is 96.2 cm³/mol. The molecule has 0 saturated carbocycles. The molecular weight excluding hydrogens is 338 g/mol. The monoisotopic (exact) mass is 363 g/mol. The van der Waals surface area contributed by atoms with E-state index in [0.717, 1.165) is 56.9 Å². The summed E-state index contributed by atoms with van der Waals surface area (Å²) in [4.78, 5) is 20.4. The summed E-state index contributed by atoms with van der Waals surface area (Å²) in [5.41, 5.74) is 1.14. The number of carbonyl (C=O) groups is 1. The predicted octanol–water partition coefficient (Wildman–Crippen LogP) is 2.61. The zero-order valence-corrected chi connectivity index (χ0v) is 15.5. The van der Waals surface area contributed by atoms with E-state index in [1.54, 1.807) is 11.3 Å². The summed E-state index contributed by atoms with van der Waals surface area (Å²) in [5, 5.41) is 2.10.